The fraction of sp³-hybridized carbons (Fsp3) is 0.312. The summed E-state index contributed by atoms with van der Waals surface area (Å²) in [5.41, 5.74) is 2.44. The van der Waals surface area contributed by atoms with Crippen molar-refractivity contribution in [3.63, 3.8) is 0 Å². The minimum Gasteiger partial charge on any atom is -0.328 e. The first-order valence-electron chi connectivity index (χ1n) is 7.83. The summed E-state index contributed by atoms with van der Waals surface area (Å²) in [6.07, 6.45) is 0. The number of nitrogens with one attached hydrogen (secondary N) is 1. The Hall–Kier alpha value is -2.25. The van der Waals surface area contributed by atoms with E-state index in [-0.39, 0.29) is 0 Å². The van der Waals surface area contributed by atoms with Gasteiger partial charge in [0.2, 0.25) is 0 Å². The van der Waals surface area contributed by atoms with Gasteiger partial charge in [-0.15, -0.1) is 0 Å². The Morgan fingerprint density at radius 1 is 1.09 bits per heavy atom. The molecule has 1 aliphatic rings. The maximum absolute atomic E-state index is 4.24. The average Bonchev–Trinajstić information content (AvgIpc) is 3.28. The molecule has 23 heavy (non-hydrogen) atoms. The second kappa shape index (κ2) is 6.47. The van der Waals surface area contributed by atoms with Crippen LogP contribution < -0.4 is 9.80 Å². The van der Waals surface area contributed by atoms with Crippen molar-refractivity contribution >= 4 is 17.3 Å². The Bertz CT molecular complexity index is 731. The molecule has 3 aromatic rings. The van der Waals surface area contributed by atoms with Gasteiger partial charge in [0.1, 0.15) is 6.54 Å². The van der Waals surface area contributed by atoms with Crippen LogP contribution in [0.4, 0.5) is 5.95 Å². The molecule has 0 bridgehead atoms. The third kappa shape index (κ3) is 3.11. The molecule has 1 saturated heterocycles. The molecule has 2 aromatic heterocycles. The highest BCUT2D eigenvalue weighted by Crippen LogP contribution is 2.15. The van der Waals surface area contributed by atoms with Crippen molar-refractivity contribution in [2.75, 3.05) is 31.1 Å². The highest BCUT2D eigenvalue weighted by Gasteiger charge is 2.24. The van der Waals surface area contributed by atoms with Crippen molar-refractivity contribution in [3.05, 3.63) is 52.7 Å². The second-order valence-corrected chi connectivity index (χ2v) is 6.55. The number of benzene rings is 1. The molecule has 0 radical (unpaired) electrons. The van der Waals surface area contributed by atoms with E-state index in [9.17, 15) is 0 Å². The van der Waals surface area contributed by atoms with Crippen molar-refractivity contribution in [1.29, 1.82) is 0 Å². The molecule has 4 rings (SSSR count). The van der Waals surface area contributed by atoms with Gasteiger partial charge in [0.05, 0.1) is 31.9 Å². The third-order valence-corrected chi connectivity index (χ3v) is 4.97. The molecule has 1 aromatic carbocycles. The first-order valence-corrected chi connectivity index (χ1v) is 8.78. The number of hydrogen-bond donors (Lipinski definition) is 1. The van der Waals surface area contributed by atoms with E-state index in [0.717, 1.165) is 44.4 Å². The van der Waals surface area contributed by atoms with Gasteiger partial charge in [0, 0.05) is 5.56 Å². The summed E-state index contributed by atoms with van der Waals surface area (Å²) in [6, 6.07) is 12.3. The molecule has 118 valence electrons. The van der Waals surface area contributed by atoms with Crippen molar-refractivity contribution in [1.82, 2.24) is 20.2 Å². The molecule has 0 atom stereocenters. The Morgan fingerprint density at radius 3 is 2.65 bits per heavy atom. The van der Waals surface area contributed by atoms with Crippen LogP contribution >= 0.6 is 11.3 Å². The van der Waals surface area contributed by atoms with E-state index in [0.29, 0.717) is 0 Å². The van der Waals surface area contributed by atoms with Crippen LogP contribution in [-0.2, 0) is 6.54 Å². The Kier molecular flexibility index (Phi) is 4.04. The maximum atomic E-state index is 4.24. The van der Waals surface area contributed by atoms with E-state index < -0.39 is 0 Å². The molecular formula is C16H19N6S+. The highest BCUT2D eigenvalue weighted by atomic mass is 32.1. The molecule has 0 amide bonds. The topological polar surface area (TPSA) is 51.3 Å². The van der Waals surface area contributed by atoms with Gasteiger partial charge in [0.25, 0.3) is 5.95 Å². The number of para-hydroxylation sites is 1. The van der Waals surface area contributed by atoms with Crippen molar-refractivity contribution in [2.24, 2.45) is 0 Å². The summed E-state index contributed by atoms with van der Waals surface area (Å²) in [4.78, 5) is 3.91. The van der Waals surface area contributed by atoms with E-state index in [4.69, 9.17) is 0 Å². The zero-order valence-electron chi connectivity index (χ0n) is 12.8. The van der Waals surface area contributed by atoms with Crippen molar-refractivity contribution in [2.45, 2.75) is 6.54 Å². The number of thiophene rings is 1. The summed E-state index contributed by atoms with van der Waals surface area (Å²) in [6.45, 7) is 5.29. The van der Waals surface area contributed by atoms with E-state index in [1.165, 1.54) is 5.56 Å². The van der Waals surface area contributed by atoms with Crippen LogP contribution in [0.2, 0.25) is 0 Å². The van der Waals surface area contributed by atoms with E-state index in [2.05, 4.69) is 37.3 Å². The SMILES string of the molecule is c1ccc(-n2nnnc2N2CC[NH+](Cc3ccsc3)CC2)cc1. The molecule has 0 saturated carbocycles. The maximum Gasteiger partial charge on any atom is 0.250 e. The van der Waals surface area contributed by atoms with Crippen molar-refractivity contribution < 1.29 is 4.90 Å². The van der Waals surface area contributed by atoms with Crippen LogP contribution in [0.5, 0.6) is 0 Å². The van der Waals surface area contributed by atoms with Gasteiger partial charge in [-0.25, -0.2) is 0 Å². The van der Waals surface area contributed by atoms with Crippen LogP contribution in [-0.4, -0.2) is 46.4 Å². The molecule has 3 heterocycles. The minimum absolute atomic E-state index is 0.839. The lowest BCUT2D eigenvalue weighted by Gasteiger charge is -2.32. The fourth-order valence-electron chi connectivity index (χ4n) is 3.00. The predicted molar refractivity (Wildman–Crippen MR) is 90.1 cm³/mol. The van der Waals surface area contributed by atoms with E-state index in [1.54, 1.807) is 16.2 Å². The molecule has 1 N–H and O–H groups in total. The van der Waals surface area contributed by atoms with Crippen LogP contribution in [0, 0.1) is 0 Å². The number of nitrogens with zero attached hydrogens (tertiary/aromatic N) is 5. The van der Waals surface area contributed by atoms with Gasteiger partial charge < -0.3 is 9.80 Å². The lowest BCUT2D eigenvalue weighted by atomic mass is 10.2. The van der Waals surface area contributed by atoms with E-state index >= 15 is 0 Å². The third-order valence-electron chi connectivity index (χ3n) is 4.24. The monoisotopic (exact) mass is 327 g/mol. The molecule has 7 heteroatoms. The lowest BCUT2D eigenvalue weighted by Crippen LogP contribution is -3.13. The Labute approximate surface area is 139 Å². The zero-order valence-corrected chi connectivity index (χ0v) is 13.6. The van der Waals surface area contributed by atoms with E-state index in [1.807, 2.05) is 35.0 Å². The largest absolute Gasteiger partial charge is 0.328 e. The summed E-state index contributed by atoms with van der Waals surface area (Å²) >= 11 is 1.77. The highest BCUT2D eigenvalue weighted by molar-refractivity contribution is 7.07. The summed E-state index contributed by atoms with van der Waals surface area (Å²) in [5.74, 6) is 0.839. The molecule has 6 nitrogen and oxygen atoms in total. The Morgan fingerprint density at radius 2 is 1.91 bits per heavy atom. The number of hydrogen-bond acceptors (Lipinski definition) is 5. The molecule has 1 fully saturated rings. The smallest absolute Gasteiger partial charge is 0.250 e. The van der Waals surface area contributed by atoms with Gasteiger partial charge in [-0.1, -0.05) is 23.3 Å². The predicted octanol–water partition coefficient (Wildman–Crippen LogP) is 0.629. The van der Waals surface area contributed by atoms with Gasteiger partial charge >= 0.3 is 0 Å². The summed E-state index contributed by atoms with van der Waals surface area (Å²) in [5, 5.41) is 16.7. The first-order chi connectivity index (χ1) is 11.4. The van der Waals surface area contributed by atoms with Gasteiger partial charge in [-0.05, 0) is 39.4 Å². The average molecular weight is 327 g/mol. The molecular weight excluding hydrogens is 308 g/mol. The number of quaternary nitrogens is 1. The Balaban J connectivity index is 1.44. The first kappa shape index (κ1) is 14.3. The number of piperazine rings is 1. The standard InChI is InChI=1S/C16H18N6S/c1-2-4-15(5-3-1)22-16(17-18-19-22)21-9-7-20(8-10-21)12-14-6-11-23-13-14/h1-6,11,13H,7-10,12H2/p+1. The minimum atomic E-state index is 0.839. The fourth-order valence-corrected chi connectivity index (χ4v) is 3.67. The number of tetrazole rings is 1. The number of aromatic nitrogens is 4. The van der Waals surface area contributed by atoms with Crippen molar-refractivity contribution in [3.8, 4) is 5.69 Å². The van der Waals surface area contributed by atoms with Crippen LogP contribution in [0.3, 0.4) is 0 Å². The van der Waals surface area contributed by atoms with Crippen LogP contribution in [0.15, 0.2) is 47.2 Å². The molecule has 0 spiro atoms. The van der Waals surface area contributed by atoms with Gasteiger partial charge in [-0.3, -0.25) is 0 Å². The molecule has 0 aliphatic carbocycles. The summed E-state index contributed by atoms with van der Waals surface area (Å²) in [7, 11) is 0. The second-order valence-electron chi connectivity index (χ2n) is 5.77. The van der Waals surface area contributed by atoms with Gasteiger partial charge in [-0.2, -0.15) is 16.0 Å². The number of anilines is 1. The molecule has 1 aliphatic heterocycles. The van der Waals surface area contributed by atoms with Gasteiger partial charge in [0.15, 0.2) is 0 Å². The van der Waals surface area contributed by atoms with Crippen LogP contribution in [0.1, 0.15) is 5.56 Å². The zero-order chi connectivity index (χ0) is 15.5. The normalized spacial score (nSPS) is 15.9. The molecule has 0 unspecified atom stereocenters. The van der Waals surface area contributed by atoms with Crippen LogP contribution in [0.25, 0.3) is 5.69 Å². The number of rotatable bonds is 4. The quantitative estimate of drug-likeness (QED) is 0.764. The lowest BCUT2D eigenvalue weighted by molar-refractivity contribution is -0.914. The summed E-state index contributed by atoms with van der Waals surface area (Å²) < 4.78 is 1.82.